The van der Waals surface area contributed by atoms with Gasteiger partial charge in [-0.1, -0.05) is 12.1 Å². The van der Waals surface area contributed by atoms with E-state index in [1.54, 1.807) is 11.3 Å². The fourth-order valence-corrected chi connectivity index (χ4v) is 2.55. The molecule has 0 aliphatic heterocycles. The topological polar surface area (TPSA) is 33.3 Å². The molecule has 0 saturated carbocycles. The Labute approximate surface area is 125 Å². The van der Waals surface area contributed by atoms with Crippen molar-refractivity contribution in [1.82, 2.24) is 5.32 Å². The molecule has 2 rings (SSSR count). The second-order valence-corrected chi connectivity index (χ2v) is 5.91. The minimum absolute atomic E-state index is 0.206. The zero-order valence-corrected chi connectivity index (χ0v) is 12.9. The second-order valence-electron chi connectivity index (χ2n) is 4.88. The molecule has 4 heteroatoms. The fraction of sp³-hybridized carbons (Fsp3) is 0.375. The van der Waals surface area contributed by atoms with E-state index in [1.807, 2.05) is 32.0 Å². The highest BCUT2D eigenvalue weighted by Gasteiger charge is 1.99. The summed E-state index contributed by atoms with van der Waals surface area (Å²) in [6, 6.07) is 12.3. The van der Waals surface area contributed by atoms with E-state index in [0.29, 0.717) is 0 Å². The number of nitrogens with one attached hydrogen (secondary N) is 2. The normalized spacial score (nSPS) is 10.8. The first kappa shape index (κ1) is 14.9. The highest BCUT2D eigenvalue weighted by atomic mass is 32.1. The van der Waals surface area contributed by atoms with Crippen LogP contribution in [-0.2, 0) is 6.54 Å². The Morgan fingerprint density at radius 1 is 1.15 bits per heavy atom. The lowest BCUT2D eigenvalue weighted by molar-refractivity contribution is 0.242. The average Bonchev–Trinajstić information content (AvgIpc) is 2.91. The van der Waals surface area contributed by atoms with Gasteiger partial charge in [0.15, 0.2) is 0 Å². The quantitative estimate of drug-likeness (QED) is 0.727. The molecule has 0 bridgehead atoms. The Kier molecular flexibility index (Phi) is 5.89. The molecule has 0 spiro atoms. The molecular weight excluding hydrogens is 268 g/mol. The van der Waals surface area contributed by atoms with Gasteiger partial charge < -0.3 is 15.4 Å². The second kappa shape index (κ2) is 7.92. The Bertz CT molecular complexity index is 497. The molecule has 1 aromatic heterocycles. The Morgan fingerprint density at radius 3 is 2.80 bits per heavy atom. The lowest BCUT2D eigenvalue weighted by Gasteiger charge is -2.12. The van der Waals surface area contributed by atoms with Crippen LogP contribution in [0.5, 0.6) is 5.75 Å². The molecule has 20 heavy (non-hydrogen) atoms. The van der Waals surface area contributed by atoms with Gasteiger partial charge >= 0.3 is 0 Å². The monoisotopic (exact) mass is 290 g/mol. The lowest BCUT2D eigenvalue weighted by atomic mass is 10.3. The van der Waals surface area contributed by atoms with Crippen molar-refractivity contribution in [2.75, 3.05) is 18.4 Å². The molecule has 1 heterocycles. The fourth-order valence-electron chi connectivity index (χ4n) is 1.87. The molecule has 1 aromatic carbocycles. The summed E-state index contributed by atoms with van der Waals surface area (Å²) in [5.74, 6) is 0.913. The molecule has 0 amide bonds. The van der Waals surface area contributed by atoms with Crippen LogP contribution in [0.25, 0.3) is 0 Å². The smallest absolute Gasteiger partial charge is 0.121 e. The van der Waals surface area contributed by atoms with E-state index in [1.165, 1.54) is 4.88 Å². The van der Waals surface area contributed by atoms with Crippen molar-refractivity contribution in [3.8, 4) is 5.75 Å². The standard InChI is InChI=1S/C16H22N2OS/c1-13(2)19-15-6-3-5-14(11-15)18-9-8-17-12-16-7-4-10-20-16/h3-7,10-11,13,17-18H,8-9,12H2,1-2H3. The molecule has 0 aliphatic rings. The third kappa shape index (κ3) is 5.23. The SMILES string of the molecule is CC(C)Oc1cccc(NCCNCc2cccs2)c1. The van der Waals surface area contributed by atoms with Gasteiger partial charge in [0.1, 0.15) is 5.75 Å². The maximum Gasteiger partial charge on any atom is 0.121 e. The molecule has 108 valence electrons. The largest absolute Gasteiger partial charge is 0.491 e. The molecule has 0 fully saturated rings. The van der Waals surface area contributed by atoms with Crippen molar-refractivity contribution in [2.24, 2.45) is 0 Å². The van der Waals surface area contributed by atoms with Crippen LogP contribution in [0.15, 0.2) is 41.8 Å². The van der Waals surface area contributed by atoms with Crippen LogP contribution < -0.4 is 15.4 Å². The number of anilines is 1. The summed E-state index contributed by atoms with van der Waals surface area (Å²) < 4.78 is 5.68. The van der Waals surface area contributed by atoms with Crippen molar-refractivity contribution in [3.63, 3.8) is 0 Å². The third-order valence-corrected chi connectivity index (χ3v) is 3.59. The number of thiophene rings is 1. The number of hydrogen-bond acceptors (Lipinski definition) is 4. The maximum atomic E-state index is 5.68. The van der Waals surface area contributed by atoms with Crippen LogP contribution in [0.3, 0.4) is 0 Å². The van der Waals surface area contributed by atoms with Gasteiger partial charge in [-0.2, -0.15) is 0 Å². The number of rotatable bonds is 8. The molecular formula is C16H22N2OS. The first-order valence-corrected chi connectivity index (χ1v) is 7.85. The van der Waals surface area contributed by atoms with Crippen LogP contribution in [0.4, 0.5) is 5.69 Å². The first-order valence-electron chi connectivity index (χ1n) is 6.98. The van der Waals surface area contributed by atoms with Crippen LogP contribution in [-0.4, -0.2) is 19.2 Å². The zero-order chi connectivity index (χ0) is 14.2. The highest BCUT2D eigenvalue weighted by Crippen LogP contribution is 2.18. The van der Waals surface area contributed by atoms with Gasteiger partial charge in [-0.05, 0) is 37.4 Å². The van der Waals surface area contributed by atoms with Crippen molar-refractivity contribution in [1.29, 1.82) is 0 Å². The highest BCUT2D eigenvalue weighted by molar-refractivity contribution is 7.09. The molecule has 0 saturated heterocycles. The van der Waals surface area contributed by atoms with E-state index in [0.717, 1.165) is 31.1 Å². The Balaban J connectivity index is 1.68. The van der Waals surface area contributed by atoms with Gasteiger partial charge in [-0.15, -0.1) is 11.3 Å². The first-order chi connectivity index (χ1) is 9.74. The van der Waals surface area contributed by atoms with Crippen molar-refractivity contribution < 1.29 is 4.74 Å². The molecule has 2 N–H and O–H groups in total. The van der Waals surface area contributed by atoms with Crippen molar-refractivity contribution in [3.05, 3.63) is 46.7 Å². The van der Waals surface area contributed by atoms with E-state index in [4.69, 9.17) is 4.74 Å². The molecule has 2 aromatic rings. The number of hydrogen-bond donors (Lipinski definition) is 2. The third-order valence-electron chi connectivity index (χ3n) is 2.72. The van der Waals surface area contributed by atoms with Gasteiger partial charge in [0, 0.05) is 36.3 Å². The van der Waals surface area contributed by atoms with Crippen molar-refractivity contribution in [2.45, 2.75) is 26.5 Å². The van der Waals surface area contributed by atoms with Gasteiger partial charge in [0.2, 0.25) is 0 Å². The predicted octanol–water partition coefficient (Wildman–Crippen LogP) is 3.74. The molecule has 3 nitrogen and oxygen atoms in total. The number of ether oxygens (including phenoxy) is 1. The van der Waals surface area contributed by atoms with Crippen LogP contribution in [0, 0.1) is 0 Å². The minimum atomic E-state index is 0.206. The van der Waals surface area contributed by atoms with Crippen molar-refractivity contribution >= 4 is 17.0 Å². The summed E-state index contributed by atoms with van der Waals surface area (Å²) in [7, 11) is 0. The van der Waals surface area contributed by atoms with Crippen LogP contribution in [0.1, 0.15) is 18.7 Å². The zero-order valence-electron chi connectivity index (χ0n) is 12.1. The molecule has 0 aliphatic carbocycles. The van der Waals surface area contributed by atoms with Gasteiger partial charge in [0.25, 0.3) is 0 Å². The van der Waals surface area contributed by atoms with E-state index in [-0.39, 0.29) is 6.10 Å². The van der Waals surface area contributed by atoms with Crippen LogP contribution in [0.2, 0.25) is 0 Å². The van der Waals surface area contributed by atoms with Gasteiger partial charge in [-0.25, -0.2) is 0 Å². The van der Waals surface area contributed by atoms with E-state index in [2.05, 4.69) is 34.2 Å². The average molecular weight is 290 g/mol. The van der Waals surface area contributed by atoms with Gasteiger partial charge in [0.05, 0.1) is 6.10 Å². The summed E-state index contributed by atoms with van der Waals surface area (Å²) in [5, 5.41) is 8.93. The lowest BCUT2D eigenvalue weighted by Crippen LogP contribution is -2.21. The van der Waals surface area contributed by atoms with E-state index < -0.39 is 0 Å². The summed E-state index contributed by atoms with van der Waals surface area (Å²) in [6.45, 7) is 6.85. The maximum absolute atomic E-state index is 5.68. The number of benzene rings is 1. The molecule has 0 unspecified atom stereocenters. The Hall–Kier alpha value is -1.52. The summed E-state index contributed by atoms with van der Waals surface area (Å²) >= 11 is 1.79. The summed E-state index contributed by atoms with van der Waals surface area (Å²) in [6.07, 6.45) is 0.206. The Morgan fingerprint density at radius 2 is 2.05 bits per heavy atom. The minimum Gasteiger partial charge on any atom is -0.491 e. The summed E-state index contributed by atoms with van der Waals surface area (Å²) in [5.41, 5.74) is 1.10. The molecule has 0 atom stereocenters. The van der Waals surface area contributed by atoms with E-state index in [9.17, 15) is 0 Å². The summed E-state index contributed by atoms with van der Waals surface area (Å²) in [4.78, 5) is 1.37. The van der Waals surface area contributed by atoms with E-state index >= 15 is 0 Å². The van der Waals surface area contributed by atoms with Gasteiger partial charge in [-0.3, -0.25) is 0 Å². The molecule has 0 radical (unpaired) electrons. The van der Waals surface area contributed by atoms with Crippen LogP contribution >= 0.6 is 11.3 Å². The predicted molar refractivity (Wildman–Crippen MR) is 86.7 cm³/mol.